The first-order valence-corrected chi connectivity index (χ1v) is 11.0. The van der Waals surface area contributed by atoms with E-state index < -0.39 is 11.6 Å². The summed E-state index contributed by atoms with van der Waals surface area (Å²) >= 11 is 3.40. The molecule has 0 spiro atoms. The lowest BCUT2D eigenvalue weighted by atomic mass is 10.1. The van der Waals surface area contributed by atoms with Gasteiger partial charge in [0.05, 0.1) is 30.7 Å². The number of alkyl halides is 1. The molecule has 1 saturated heterocycles. The zero-order valence-electron chi connectivity index (χ0n) is 17.4. The average Bonchev–Trinajstić information content (AvgIpc) is 2.70. The first kappa shape index (κ1) is 22.4. The molecule has 1 amide bonds. The molecule has 0 atom stereocenters. The van der Waals surface area contributed by atoms with Gasteiger partial charge in [-0.3, -0.25) is 14.4 Å². The third-order valence-electron chi connectivity index (χ3n) is 4.64. The van der Waals surface area contributed by atoms with Crippen LogP contribution in [0.4, 0.5) is 0 Å². The maximum atomic E-state index is 13.1. The summed E-state index contributed by atoms with van der Waals surface area (Å²) in [5.41, 5.74) is 0.341. The number of esters is 1. The van der Waals surface area contributed by atoms with E-state index in [1.165, 1.54) is 0 Å². The highest BCUT2D eigenvalue weighted by molar-refractivity contribution is 9.08. The lowest BCUT2D eigenvalue weighted by Crippen LogP contribution is -2.44. The highest BCUT2D eigenvalue weighted by Crippen LogP contribution is 2.19. The minimum atomic E-state index is -0.628. The Balaban J connectivity index is 1.99. The van der Waals surface area contributed by atoms with Gasteiger partial charge in [-0.2, -0.15) is 5.10 Å². The molecule has 1 aromatic heterocycles. The monoisotopic (exact) mass is 479 g/mol. The van der Waals surface area contributed by atoms with E-state index >= 15 is 0 Å². The van der Waals surface area contributed by atoms with Gasteiger partial charge in [0.2, 0.25) is 5.91 Å². The highest BCUT2D eigenvalue weighted by atomic mass is 79.9. The second kappa shape index (κ2) is 9.26. The van der Waals surface area contributed by atoms with Gasteiger partial charge in [-0.15, -0.1) is 0 Å². The predicted octanol–water partition coefficient (Wildman–Crippen LogP) is 2.03. The molecular weight excluding hydrogens is 454 g/mol. The Morgan fingerprint density at radius 3 is 2.53 bits per heavy atom. The van der Waals surface area contributed by atoms with Gasteiger partial charge in [0.25, 0.3) is 5.56 Å². The van der Waals surface area contributed by atoms with Crippen molar-refractivity contribution >= 4 is 38.6 Å². The highest BCUT2D eigenvalue weighted by Gasteiger charge is 2.22. The molecule has 0 N–H and O–H groups in total. The van der Waals surface area contributed by atoms with E-state index in [0.717, 1.165) is 10.2 Å². The largest absolute Gasteiger partial charge is 0.460 e. The summed E-state index contributed by atoms with van der Waals surface area (Å²) in [5, 5.41) is 5.97. The first-order chi connectivity index (χ1) is 14.2. The molecule has 1 aliphatic rings. The lowest BCUT2D eigenvalue weighted by Gasteiger charge is -2.27. The fraction of sp³-hybridized carbons (Fsp3) is 0.524. The Bertz CT molecular complexity index is 1010. The first-order valence-electron chi connectivity index (χ1n) is 9.84. The number of ether oxygens (including phenoxy) is 2. The van der Waals surface area contributed by atoms with Crippen molar-refractivity contribution < 1.29 is 19.1 Å². The fourth-order valence-electron chi connectivity index (χ4n) is 3.28. The maximum absolute atomic E-state index is 13.1. The van der Waals surface area contributed by atoms with Crippen LogP contribution in [0.2, 0.25) is 0 Å². The van der Waals surface area contributed by atoms with Gasteiger partial charge >= 0.3 is 5.97 Å². The Morgan fingerprint density at radius 2 is 1.90 bits per heavy atom. The summed E-state index contributed by atoms with van der Waals surface area (Å²) in [4.78, 5) is 39.8. The summed E-state index contributed by atoms with van der Waals surface area (Å²) in [6, 6.07) is 5.43. The van der Waals surface area contributed by atoms with Gasteiger partial charge in [-0.05, 0) is 32.4 Å². The lowest BCUT2D eigenvalue weighted by molar-refractivity contribution is -0.154. The molecular formula is C21H26BrN3O5. The van der Waals surface area contributed by atoms with Crippen LogP contribution in [0.3, 0.4) is 0 Å². The molecule has 0 radical (unpaired) electrons. The molecule has 0 aliphatic carbocycles. The smallest absolute Gasteiger partial charge is 0.312 e. The minimum absolute atomic E-state index is 0.0898. The van der Waals surface area contributed by atoms with Crippen LogP contribution < -0.4 is 5.56 Å². The number of benzene rings is 1. The topological polar surface area (TPSA) is 90.7 Å². The molecule has 8 nitrogen and oxygen atoms in total. The van der Waals surface area contributed by atoms with E-state index in [4.69, 9.17) is 9.47 Å². The average molecular weight is 480 g/mol. The molecule has 1 fully saturated rings. The fourth-order valence-corrected chi connectivity index (χ4v) is 3.63. The van der Waals surface area contributed by atoms with Gasteiger partial charge in [0.1, 0.15) is 12.1 Å². The normalized spacial score (nSPS) is 14.7. The molecule has 0 saturated carbocycles. The van der Waals surface area contributed by atoms with Crippen molar-refractivity contribution in [2.75, 3.05) is 26.3 Å². The number of rotatable bonds is 5. The van der Waals surface area contributed by atoms with Crippen molar-refractivity contribution in [1.29, 1.82) is 0 Å². The Morgan fingerprint density at radius 1 is 1.20 bits per heavy atom. The summed E-state index contributed by atoms with van der Waals surface area (Å²) in [6.07, 6.45) is -0.0898. The standard InChI is InChI=1S/C21H26BrN3O5/c1-21(2,3)30-19(27)11-17-15-5-4-14(12-22)10-16(15)20(28)25(23-17)13-18(26)24-6-8-29-9-7-24/h4-5,10H,6-9,11-13H2,1-3H3. The molecule has 3 rings (SSSR count). The van der Waals surface area contributed by atoms with Crippen LogP contribution in [0.15, 0.2) is 23.0 Å². The second-order valence-corrected chi connectivity index (χ2v) is 8.74. The molecule has 2 heterocycles. The number of morpholine rings is 1. The van der Waals surface area contributed by atoms with Gasteiger partial charge in [0.15, 0.2) is 0 Å². The molecule has 162 valence electrons. The van der Waals surface area contributed by atoms with Crippen molar-refractivity contribution in [3.63, 3.8) is 0 Å². The van der Waals surface area contributed by atoms with E-state index in [-0.39, 0.29) is 24.4 Å². The van der Waals surface area contributed by atoms with Crippen LogP contribution in [-0.2, 0) is 37.4 Å². The number of hydrogen-bond acceptors (Lipinski definition) is 6. The number of fused-ring (bicyclic) bond motifs is 1. The molecule has 30 heavy (non-hydrogen) atoms. The van der Waals surface area contributed by atoms with Crippen LogP contribution in [0.5, 0.6) is 0 Å². The van der Waals surface area contributed by atoms with Crippen LogP contribution >= 0.6 is 15.9 Å². The Kier molecular flexibility index (Phi) is 6.92. The predicted molar refractivity (Wildman–Crippen MR) is 116 cm³/mol. The molecule has 9 heteroatoms. The molecule has 1 aliphatic heterocycles. The third-order valence-corrected chi connectivity index (χ3v) is 5.28. The van der Waals surface area contributed by atoms with E-state index in [2.05, 4.69) is 21.0 Å². The van der Waals surface area contributed by atoms with Gasteiger partial charge in [0, 0.05) is 23.8 Å². The number of aromatic nitrogens is 2. The molecule has 0 unspecified atom stereocenters. The summed E-state index contributed by atoms with van der Waals surface area (Å²) in [7, 11) is 0. The number of carbonyl (C=O) groups is 2. The van der Waals surface area contributed by atoms with E-state index in [1.807, 2.05) is 6.07 Å². The SMILES string of the molecule is CC(C)(C)OC(=O)Cc1nn(CC(=O)N2CCOCC2)c(=O)c2cc(CBr)ccc12. The third kappa shape index (κ3) is 5.46. The summed E-state index contributed by atoms with van der Waals surface area (Å²) < 4.78 is 11.8. The van der Waals surface area contributed by atoms with Crippen LogP contribution in [0.25, 0.3) is 10.8 Å². The van der Waals surface area contributed by atoms with Crippen molar-refractivity contribution in [3.05, 3.63) is 39.8 Å². The van der Waals surface area contributed by atoms with Crippen molar-refractivity contribution in [2.24, 2.45) is 0 Å². The van der Waals surface area contributed by atoms with E-state index in [9.17, 15) is 14.4 Å². The summed E-state index contributed by atoms with van der Waals surface area (Å²) in [6.45, 7) is 7.12. The number of halogens is 1. The molecule has 0 bridgehead atoms. The van der Waals surface area contributed by atoms with Crippen molar-refractivity contribution in [1.82, 2.24) is 14.7 Å². The number of amides is 1. The van der Waals surface area contributed by atoms with Crippen molar-refractivity contribution in [2.45, 2.75) is 44.7 Å². The Hall–Kier alpha value is -2.26. The maximum Gasteiger partial charge on any atom is 0.312 e. The quantitative estimate of drug-likeness (QED) is 0.481. The Labute approximate surface area is 183 Å². The van der Waals surface area contributed by atoms with Crippen LogP contribution in [-0.4, -0.2) is 58.5 Å². The number of hydrogen-bond donors (Lipinski definition) is 0. The van der Waals surface area contributed by atoms with Crippen LogP contribution in [0, 0.1) is 0 Å². The van der Waals surface area contributed by atoms with Gasteiger partial charge < -0.3 is 14.4 Å². The zero-order valence-corrected chi connectivity index (χ0v) is 19.0. The zero-order chi connectivity index (χ0) is 21.9. The van der Waals surface area contributed by atoms with E-state index in [0.29, 0.717) is 48.1 Å². The minimum Gasteiger partial charge on any atom is -0.460 e. The van der Waals surface area contributed by atoms with Crippen molar-refractivity contribution in [3.8, 4) is 0 Å². The summed E-state index contributed by atoms with van der Waals surface area (Å²) in [5.74, 6) is -0.641. The van der Waals surface area contributed by atoms with Gasteiger partial charge in [-0.1, -0.05) is 28.1 Å². The molecule has 1 aromatic carbocycles. The number of nitrogens with zero attached hydrogens (tertiary/aromatic N) is 3. The molecule has 2 aromatic rings. The second-order valence-electron chi connectivity index (χ2n) is 8.18. The van der Waals surface area contributed by atoms with Gasteiger partial charge in [-0.25, -0.2) is 4.68 Å². The van der Waals surface area contributed by atoms with E-state index in [1.54, 1.807) is 37.8 Å². The number of carbonyl (C=O) groups excluding carboxylic acids is 2. The van der Waals surface area contributed by atoms with Crippen LogP contribution in [0.1, 0.15) is 32.0 Å².